The molecule has 106 valence electrons. The quantitative estimate of drug-likeness (QED) is 0.219. The Bertz CT molecular complexity index is 232. The first-order valence-corrected chi connectivity index (χ1v) is 8.65. The maximum atomic E-state index is 11.7. The number of rotatable bonds is 9. The lowest BCUT2D eigenvalue weighted by molar-refractivity contribution is -0.148. The average Bonchev–Trinajstić information content (AvgIpc) is 2.37. The zero-order valence-corrected chi connectivity index (χ0v) is 15.1. The van der Waals surface area contributed by atoms with Gasteiger partial charge in [0.1, 0.15) is 7.85 Å². The van der Waals surface area contributed by atoms with Gasteiger partial charge < -0.3 is 9.47 Å². The SMILES string of the molecule is CCCCOC(=O)C(I)C(I)C(=O)OCCCC. The van der Waals surface area contributed by atoms with Crippen LogP contribution in [0, 0.1) is 0 Å². The van der Waals surface area contributed by atoms with E-state index in [-0.39, 0.29) is 11.9 Å². The molecular weight excluding hydrogens is 462 g/mol. The highest BCUT2D eigenvalue weighted by molar-refractivity contribution is 14.1. The molecule has 0 spiro atoms. The van der Waals surface area contributed by atoms with Crippen molar-refractivity contribution in [3.05, 3.63) is 0 Å². The van der Waals surface area contributed by atoms with Crippen molar-refractivity contribution in [2.75, 3.05) is 13.2 Å². The summed E-state index contributed by atoms with van der Waals surface area (Å²) in [7, 11) is 0. The molecular formula is C12H20I2O4. The molecule has 0 saturated carbocycles. The van der Waals surface area contributed by atoms with Gasteiger partial charge in [0.15, 0.2) is 0 Å². The smallest absolute Gasteiger partial charge is 0.320 e. The summed E-state index contributed by atoms with van der Waals surface area (Å²) >= 11 is 3.88. The van der Waals surface area contributed by atoms with Crippen molar-refractivity contribution in [3.8, 4) is 0 Å². The Morgan fingerprint density at radius 2 is 1.22 bits per heavy atom. The number of halogens is 2. The van der Waals surface area contributed by atoms with Gasteiger partial charge >= 0.3 is 11.9 Å². The fourth-order valence-electron chi connectivity index (χ4n) is 1.03. The van der Waals surface area contributed by atoms with Crippen LogP contribution in [0.4, 0.5) is 0 Å². The fraction of sp³-hybridized carbons (Fsp3) is 0.833. The number of esters is 2. The maximum absolute atomic E-state index is 11.7. The minimum Gasteiger partial charge on any atom is -0.465 e. The van der Waals surface area contributed by atoms with Crippen molar-refractivity contribution in [3.63, 3.8) is 0 Å². The highest BCUT2D eigenvalue weighted by Gasteiger charge is 2.31. The molecule has 0 aliphatic carbocycles. The van der Waals surface area contributed by atoms with E-state index in [9.17, 15) is 9.59 Å². The Kier molecular flexibility index (Phi) is 11.5. The molecule has 0 rings (SSSR count). The molecule has 0 amide bonds. The van der Waals surface area contributed by atoms with Gasteiger partial charge in [0, 0.05) is 0 Å². The van der Waals surface area contributed by atoms with Crippen LogP contribution in [-0.4, -0.2) is 33.0 Å². The summed E-state index contributed by atoms with van der Waals surface area (Å²) in [6.07, 6.45) is 3.65. The molecule has 2 atom stereocenters. The summed E-state index contributed by atoms with van der Waals surface area (Å²) in [6.45, 7) is 4.90. The van der Waals surface area contributed by atoms with E-state index in [1.165, 1.54) is 0 Å². The monoisotopic (exact) mass is 482 g/mol. The van der Waals surface area contributed by atoms with Crippen molar-refractivity contribution >= 4 is 57.1 Å². The number of carbonyl (C=O) groups is 2. The van der Waals surface area contributed by atoms with Crippen LogP contribution in [0.1, 0.15) is 39.5 Å². The summed E-state index contributed by atoms with van der Waals surface area (Å²) in [6, 6.07) is 0. The van der Waals surface area contributed by atoms with Gasteiger partial charge in [-0.1, -0.05) is 71.9 Å². The second-order valence-corrected chi connectivity index (χ2v) is 6.53. The van der Waals surface area contributed by atoms with Crippen LogP contribution in [0.5, 0.6) is 0 Å². The molecule has 0 fully saturated rings. The van der Waals surface area contributed by atoms with Crippen LogP contribution in [0.3, 0.4) is 0 Å². The van der Waals surface area contributed by atoms with E-state index in [1.807, 2.05) is 59.0 Å². The Hall–Kier alpha value is 0.400. The Morgan fingerprint density at radius 1 is 0.889 bits per heavy atom. The highest BCUT2D eigenvalue weighted by Crippen LogP contribution is 2.19. The third kappa shape index (κ3) is 7.75. The zero-order valence-electron chi connectivity index (χ0n) is 10.8. The molecule has 0 aromatic rings. The molecule has 0 N–H and O–H groups in total. The highest BCUT2D eigenvalue weighted by atomic mass is 127. The van der Waals surface area contributed by atoms with Gasteiger partial charge in [0.2, 0.25) is 0 Å². The number of ether oxygens (including phenoxy) is 2. The standard InChI is InChI=1S/C12H20I2O4/c1-3-5-7-17-11(15)9(13)10(14)12(16)18-8-6-4-2/h9-10H,3-8H2,1-2H3. The molecule has 0 heterocycles. The average molecular weight is 482 g/mol. The van der Waals surface area contributed by atoms with Gasteiger partial charge in [-0.25, -0.2) is 0 Å². The van der Waals surface area contributed by atoms with Gasteiger partial charge in [0.05, 0.1) is 13.2 Å². The normalized spacial score (nSPS) is 13.8. The Morgan fingerprint density at radius 3 is 1.50 bits per heavy atom. The van der Waals surface area contributed by atoms with Gasteiger partial charge in [0.25, 0.3) is 0 Å². The van der Waals surface area contributed by atoms with E-state index >= 15 is 0 Å². The molecule has 0 bridgehead atoms. The summed E-state index contributed by atoms with van der Waals surface area (Å²) in [4.78, 5) is 23.3. The largest absolute Gasteiger partial charge is 0.465 e. The molecule has 0 aliphatic heterocycles. The van der Waals surface area contributed by atoms with Crippen LogP contribution in [0.15, 0.2) is 0 Å². The van der Waals surface area contributed by atoms with Crippen molar-refractivity contribution in [1.82, 2.24) is 0 Å². The maximum Gasteiger partial charge on any atom is 0.320 e. The van der Waals surface area contributed by atoms with Crippen LogP contribution >= 0.6 is 45.2 Å². The molecule has 0 aromatic heterocycles. The number of alkyl halides is 2. The minimum atomic E-state index is -0.491. The van der Waals surface area contributed by atoms with Crippen molar-refractivity contribution in [2.45, 2.75) is 47.4 Å². The fourth-order valence-corrected chi connectivity index (χ4v) is 1.98. The minimum absolute atomic E-state index is 0.337. The molecule has 6 heteroatoms. The van der Waals surface area contributed by atoms with Crippen molar-refractivity contribution in [1.29, 1.82) is 0 Å². The second kappa shape index (κ2) is 11.2. The van der Waals surface area contributed by atoms with Crippen LogP contribution in [-0.2, 0) is 19.1 Å². The third-order valence-corrected chi connectivity index (χ3v) is 6.02. The predicted molar refractivity (Wildman–Crippen MR) is 87.4 cm³/mol. The summed E-state index contributed by atoms with van der Waals surface area (Å²) in [5.74, 6) is -0.674. The van der Waals surface area contributed by atoms with Gasteiger partial charge in [-0.3, -0.25) is 9.59 Å². The topological polar surface area (TPSA) is 52.6 Å². The Balaban J connectivity index is 4.02. The molecule has 0 aromatic carbocycles. The first-order chi connectivity index (χ1) is 8.54. The first kappa shape index (κ1) is 18.4. The molecule has 0 aliphatic rings. The van der Waals surface area contributed by atoms with Crippen molar-refractivity contribution in [2.24, 2.45) is 0 Å². The molecule has 18 heavy (non-hydrogen) atoms. The van der Waals surface area contributed by atoms with Gasteiger partial charge in [-0.2, -0.15) is 0 Å². The molecule has 4 nitrogen and oxygen atoms in total. The van der Waals surface area contributed by atoms with Gasteiger partial charge in [-0.05, 0) is 12.8 Å². The van der Waals surface area contributed by atoms with Crippen LogP contribution in [0.2, 0.25) is 0 Å². The van der Waals surface area contributed by atoms with E-state index in [0.717, 1.165) is 25.7 Å². The molecule has 2 unspecified atom stereocenters. The lowest BCUT2D eigenvalue weighted by atomic mass is 10.3. The number of hydrogen-bond donors (Lipinski definition) is 0. The Labute approximate surface area is 136 Å². The van der Waals surface area contributed by atoms with E-state index in [4.69, 9.17) is 9.47 Å². The lowest BCUT2D eigenvalue weighted by Gasteiger charge is -2.15. The number of hydrogen-bond acceptors (Lipinski definition) is 4. The van der Waals surface area contributed by atoms with Crippen molar-refractivity contribution < 1.29 is 19.1 Å². The first-order valence-electron chi connectivity index (χ1n) is 6.16. The van der Waals surface area contributed by atoms with E-state index in [0.29, 0.717) is 13.2 Å². The number of unbranched alkanes of at least 4 members (excludes halogenated alkanes) is 2. The molecule has 0 saturated heterocycles. The predicted octanol–water partition coefficient (Wildman–Crippen LogP) is 3.28. The lowest BCUT2D eigenvalue weighted by Crippen LogP contribution is -2.33. The summed E-state index contributed by atoms with van der Waals surface area (Å²) in [5, 5.41) is 0. The second-order valence-electron chi connectivity index (χ2n) is 3.85. The number of carbonyl (C=O) groups excluding carboxylic acids is 2. The van der Waals surface area contributed by atoms with E-state index in [2.05, 4.69) is 0 Å². The van der Waals surface area contributed by atoms with Crippen LogP contribution in [0.25, 0.3) is 0 Å². The van der Waals surface area contributed by atoms with E-state index < -0.39 is 7.85 Å². The van der Waals surface area contributed by atoms with E-state index in [1.54, 1.807) is 0 Å². The third-order valence-electron chi connectivity index (χ3n) is 2.19. The molecule has 0 radical (unpaired) electrons. The summed E-state index contributed by atoms with van der Waals surface area (Å²) < 4.78 is 9.18. The van der Waals surface area contributed by atoms with Gasteiger partial charge in [-0.15, -0.1) is 0 Å². The van der Waals surface area contributed by atoms with Crippen LogP contribution < -0.4 is 0 Å². The summed E-state index contributed by atoms with van der Waals surface area (Å²) in [5.41, 5.74) is 0. The zero-order chi connectivity index (χ0) is 14.0.